The molecule has 134 valence electrons. The summed E-state index contributed by atoms with van der Waals surface area (Å²) in [5, 5.41) is 1.23. The predicted molar refractivity (Wildman–Crippen MR) is 105 cm³/mol. The SMILES string of the molecule is CC(C)(C)[Si](C)(C)OCC1(c2ccc(Cl)c(Cl)c2)CCCC(=O)C1. The largest absolute Gasteiger partial charge is 0.416 e. The second-order valence-corrected chi connectivity index (χ2v) is 14.2. The van der Waals surface area contributed by atoms with Gasteiger partial charge in [0.25, 0.3) is 0 Å². The van der Waals surface area contributed by atoms with E-state index in [4.69, 9.17) is 27.6 Å². The van der Waals surface area contributed by atoms with E-state index in [9.17, 15) is 4.79 Å². The molecule has 0 heterocycles. The fourth-order valence-electron chi connectivity index (χ4n) is 2.99. The third-order valence-corrected chi connectivity index (χ3v) is 10.9. The Labute approximate surface area is 157 Å². The molecule has 0 radical (unpaired) electrons. The second kappa shape index (κ2) is 7.11. The van der Waals surface area contributed by atoms with Gasteiger partial charge in [0.05, 0.1) is 10.0 Å². The predicted octanol–water partition coefficient (Wildman–Crippen LogP) is 6.40. The first-order valence-electron chi connectivity index (χ1n) is 8.58. The minimum atomic E-state index is -1.89. The van der Waals surface area contributed by atoms with Crippen LogP contribution in [0.25, 0.3) is 0 Å². The topological polar surface area (TPSA) is 26.3 Å². The Balaban J connectivity index is 2.34. The van der Waals surface area contributed by atoms with E-state index in [1.165, 1.54) is 0 Å². The Bertz CT molecular complexity index is 622. The van der Waals surface area contributed by atoms with E-state index >= 15 is 0 Å². The summed E-state index contributed by atoms with van der Waals surface area (Å²) in [4.78, 5) is 12.2. The van der Waals surface area contributed by atoms with Crippen LogP contribution in [0.4, 0.5) is 0 Å². The third kappa shape index (κ3) is 4.24. The van der Waals surface area contributed by atoms with Crippen LogP contribution in [0.15, 0.2) is 18.2 Å². The minimum absolute atomic E-state index is 0.143. The smallest absolute Gasteiger partial charge is 0.192 e. The summed E-state index contributed by atoms with van der Waals surface area (Å²) >= 11 is 12.3. The number of carbonyl (C=O) groups excluding carboxylic acids is 1. The van der Waals surface area contributed by atoms with Gasteiger partial charge in [-0.25, -0.2) is 0 Å². The molecule has 1 aromatic rings. The molecule has 2 nitrogen and oxygen atoms in total. The molecule has 1 fully saturated rings. The third-order valence-electron chi connectivity index (χ3n) is 5.69. The molecule has 5 heteroatoms. The highest BCUT2D eigenvalue weighted by molar-refractivity contribution is 6.74. The Morgan fingerprint density at radius 3 is 2.42 bits per heavy atom. The van der Waals surface area contributed by atoms with Crippen LogP contribution in [-0.2, 0) is 14.6 Å². The molecule has 1 unspecified atom stereocenters. The number of Topliss-reactive ketones (excluding diaryl/α,β-unsaturated/α-hetero) is 1. The van der Waals surface area contributed by atoms with E-state index in [2.05, 4.69) is 33.9 Å². The van der Waals surface area contributed by atoms with Gasteiger partial charge in [-0.3, -0.25) is 4.79 Å². The lowest BCUT2D eigenvalue weighted by molar-refractivity contribution is -0.122. The van der Waals surface area contributed by atoms with Gasteiger partial charge in [-0.05, 0) is 48.7 Å². The zero-order valence-electron chi connectivity index (χ0n) is 15.3. The lowest BCUT2D eigenvalue weighted by Crippen LogP contribution is -2.46. The maximum Gasteiger partial charge on any atom is 0.192 e. The first kappa shape index (κ1) is 20.0. The monoisotopic (exact) mass is 386 g/mol. The molecule has 0 aromatic heterocycles. The average Bonchev–Trinajstić information content (AvgIpc) is 2.47. The molecular formula is C19H28Cl2O2Si. The van der Waals surface area contributed by atoms with E-state index in [0.29, 0.717) is 35.3 Å². The van der Waals surface area contributed by atoms with Crippen molar-refractivity contribution in [3.63, 3.8) is 0 Å². The number of carbonyl (C=O) groups is 1. The van der Waals surface area contributed by atoms with Crippen LogP contribution >= 0.6 is 23.2 Å². The zero-order chi connectivity index (χ0) is 18.2. The van der Waals surface area contributed by atoms with Gasteiger partial charge in [0.15, 0.2) is 8.32 Å². The van der Waals surface area contributed by atoms with E-state index in [1.54, 1.807) is 0 Å². The normalized spacial score (nSPS) is 22.7. The summed E-state index contributed by atoms with van der Waals surface area (Å²) in [5.74, 6) is 0.311. The average molecular weight is 387 g/mol. The molecule has 0 saturated heterocycles. The van der Waals surface area contributed by atoms with E-state index < -0.39 is 8.32 Å². The highest BCUT2D eigenvalue weighted by atomic mass is 35.5. The van der Waals surface area contributed by atoms with Crippen molar-refractivity contribution in [2.75, 3.05) is 6.61 Å². The van der Waals surface area contributed by atoms with Gasteiger partial charge in [-0.1, -0.05) is 50.0 Å². The summed E-state index contributed by atoms with van der Waals surface area (Å²) in [5.41, 5.74) is 0.794. The van der Waals surface area contributed by atoms with Crippen molar-refractivity contribution >= 4 is 37.3 Å². The Hall–Kier alpha value is -0.353. The van der Waals surface area contributed by atoms with Gasteiger partial charge in [-0.2, -0.15) is 0 Å². The van der Waals surface area contributed by atoms with Crippen molar-refractivity contribution in [2.24, 2.45) is 0 Å². The summed E-state index contributed by atoms with van der Waals surface area (Å²) in [6, 6.07) is 5.74. The number of hydrogen-bond acceptors (Lipinski definition) is 2. The first-order valence-corrected chi connectivity index (χ1v) is 12.2. The van der Waals surface area contributed by atoms with Crippen molar-refractivity contribution in [3.05, 3.63) is 33.8 Å². The highest BCUT2D eigenvalue weighted by Crippen LogP contribution is 2.43. The van der Waals surface area contributed by atoms with Crippen LogP contribution < -0.4 is 0 Å². The van der Waals surface area contributed by atoms with Crippen LogP contribution in [0.5, 0.6) is 0 Å². The van der Waals surface area contributed by atoms with Crippen molar-refractivity contribution in [1.29, 1.82) is 0 Å². The quantitative estimate of drug-likeness (QED) is 0.559. The minimum Gasteiger partial charge on any atom is -0.416 e. The molecule has 0 amide bonds. The van der Waals surface area contributed by atoms with Crippen molar-refractivity contribution in [1.82, 2.24) is 0 Å². The molecule has 0 bridgehead atoms. The van der Waals surface area contributed by atoms with Crippen molar-refractivity contribution < 1.29 is 9.22 Å². The lowest BCUT2D eigenvalue weighted by Gasteiger charge is -2.43. The van der Waals surface area contributed by atoms with Crippen LogP contribution in [0.2, 0.25) is 28.2 Å². The fraction of sp³-hybridized carbons (Fsp3) is 0.632. The number of halogens is 2. The summed E-state index contributed by atoms with van der Waals surface area (Å²) < 4.78 is 6.52. The number of ketones is 1. The van der Waals surface area contributed by atoms with Gasteiger partial charge < -0.3 is 4.43 Å². The van der Waals surface area contributed by atoms with E-state index in [0.717, 1.165) is 18.4 Å². The lowest BCUT2D eigenvalue weighted by atomic mass is 9.69. The van der Waals surface area contributed by atoms with E-state index in [1.807, 2.05) is 18.2 Å². The van der Waals surface area contributed by atoms with Gasteiger partial charge >= 0.3 is 0 Å². The molecular weight excluding hydrogens is 359 g/mol. The van der Waals surface area contributed by atoms with Gasteiger partial charge in [0.1, 0.15) is 5.78 Å². The first-order chi connectivity index (χ1) is 11.0. The molecule has 2 rings (SSSR count). The number of benzene rings is 1. The molecule has 1 aliphatic rings. The zero-order valence-corrected chi connectivity index (χ0v) is 17.9. The molecule has 0 N–H and O–H groups in total. The number of hydrogen-bond donors (Lipinski definition) is 0. The molecule has 1 atom stereocenters. The highest BCUT2D eigenvalue weighted by Gasteiger charge is 2.43. The van der Waals surface area contributed by atoms with Gasteiger partial charge in [0, 0.05) is 24.9 Å². The van der Waals surface area contributed by atoms with Gasteiger partial charge in [-0.15, -0.1) is 0 Å². The Kier molecular flexibility index (Phi) is 5.91. The van der Waals surface area contributed by atoms with Gasteiger partial charge in [0.2, 0.25) is 0 Å². The molecule has 1 aromatic carbocycles. The van der Waals surface area contributed by atoms with Crippen LogP contribution in [0.3, 0.4) is 0 Å². The standard InChI is InChI=1S/C19H28Cl2O2Si/c1-18(2,3)24(4,5)23-13-19(10-6-7-15(22)12-19)14-8-9-16(20)17(21)11-14/h8-9,11H,6-7,10,12-13H2,1-5H3. The second-order valence-electron chi connectivity index (χ2n) is 8.53. The molecule has 24 heavy (non-hydrogen) atoms. The molecule has 1 saturated carbocycles. The summed E-state index contributed by atoms with van der Waals surface area (Å²) in [6.45, 7) is 11.8. The fourth-order valence-corrected chi connectivity index (χ4v) is 4.36. The van der Waals surface area contributed by atoms with Crippen LogP contribution in [-0.4, -0.2) is 20.7 Å². The maximum absolute atomic E-state index is 12.2. The molecule has 0 aliphatic heterocycles. The maximum atomic E-state index is 12.2. The van der Waals surface area contributed by atoms with Crippen molar-refractivity contribution in [2.45, 2.75) is 70.0 Å². The van der Waals surface area contributed by atoms with E-state index in [-0.39, 0.29) is 10.5 Å². The summed E-state index contributed by atoms with van der Waals surface area (Å²) in [7, 11) is -1.89. The Morgan fingerprint density at radius 1 is 1.21 bits per heavy atom. The van der Waals surface area contributed by atoms with Crippen LogP contribution in [0, 0.1) is 0 Å². The van der Waals surface area contributed by atoms with Crippen molar-refractivity contribution in [3.8, 4) is 0 Å². The number of rotatable bonds is 4. The molecule has 0 spiro atoms. The Morgan fingerprint density at radius 2 is 1.88 bits per heavy atom. The summed E-state index contributed by atoms with van der Waals surface area (Å²) in [6.07, 6.45) is 3.05. The molecule has 1 aliphatic carbocycles. The van der Waals surface area contributed by atoms with Crippen LogP contribution in [0.1, 0.15) is 52.0 Å².